The van der Waals surface area contributed by atoms with Gasteiger partial charge in [-0.3, -0.25) is 14.5 Å². The zero-order chi connectivity index (χ0) is 16.4. The Morgan fingerprint density at radius 2 is 2.04 bits per heavy atom. The summed E-state index contributed by atoms with van der Waals surface area (Å²) in [6, 6.07) is 4.10. The molecule has 0 radical (unpaired) electrons. The Bertz CT molecular complexity index is 566. The van der Waals surface area contributed by atoms with Gasteiger partial charge < -0.3 is 10.0 Å². The second kappa shape index (κ2) is 8.32. The second-order valence-corrected chi connectivity index (χ2v) is 7.53. The van der Waals surface area contributed by atoms with E-state index < -0.39 is 5.97 Å². The first kappa shape index (κ1) is 19.2. The molecular formula is C17H25ClN2O3S. The average Bonchev–Trinajstić information content (AvgIpc) is 3.24. The maximum Gasteiger partial charge on any atom is 0.307 e. The SMILES string of the molecule is CC(C(=O)N1CCCC1c1cccs1)N1CCCC(C(=O)O)C1.Cl. The number of carboxylic acid groups (broad SMARTS) is 1. The number of rotatable bonds is 4. The molecule has 3 atom stereocenters. The van der Waals surface area contributed by atoms with Gasteiger partial charge in [0.15, 0.2) is 0 Å². The van der Waals surface area contributed by atoms with Crippen molar-refractivity contribution in [3.05, 3.63) is 22.4 Å². The summed E-state index contributed by atoms with van der Waals surface area (Å²) in [4.78, 5) is 29.5. The standard InChI is InChI=1S/C17H24N2O3S.ClH/c1-12(18-8-2-5-13(11-18)17(21)22)16(20)19-9-3-6-14(19)15-7-4-10-23-15;/h4,7,10,12-14H,2-3,5-6,8-9,11H2,1H3,(H,21,22);1H. The van der Waals surface area contributed by atoms with Crippen molar-refractivity contribution in [3.8, 4) is 0 Å². The first-order valence-electron chi connectivity index (χ1n) is 8.38. The number of carboxylic acids is 1. The molecule has 3 rings (SSSR count). The fourth-order valence-electron chi connectivity index (χ4n) is 3.76. The topological polar surface area (TPSA) is 60.9 Å². The molecule has 2 aliphatic rings. The highest BCUT2D eigenvalue weighted by Crippen LogP contribution is 2.35. The lowest BCUT2D eigenvalue weighted by atomic mass is 9.97. The first-order valence-corrected chi connectivity index (χ1v) is 9.26. The predicted molar refractivity (Wildman–Crippen MR) is 96.6 cm³/mol. The summed E-state index contributed by atoms with van der Waals surface area (Å²) in [5.74, 6) is -0.940. The van der Waals surface area contributed by atoms with Crippen LogP contribution in [0.3, 0.4) is 0 Å². The number of carbonyl (C=O) groups is 2. The number of likely N-dealkylation sites (tertiary alicyclic amines) is 2. The minimum absolute atomic E-state index is 0. The molecule has 1 N–H and O–H groups in total. The minimum atomic E-state index is -0.744. The first-order chi connectivity index (χ1) is 11.1. The van der Waals surface area contributed by atoms with E-state index in [1.807, 2.05) is 17.9 Å². The van der Waals surface area contributed by atoms with Crippen LogP contribution in [0.4, 0.5) is 0 Å². The lowest BCUT2D eigenvalue weighted by Gasteiger charge is -2.37. The number of hydrogen-bond donors (Lipinski definition) is 1. The smallest absolute Gasteiger partial charge is 0.307 e. The molecule has 0 bridgehead atoms. The molecule has 2 aliphatic heterocycles. The number of carbonyl (C=O) groups excluding carboxylic acids is 1. The van der Waals surface area contributed by atoms with Crippen LogP contribution in [0.1, 0.15) is 43.5 Å². The summed E-state index contributed by atoms with van der Waals surface area (Å²) in [7, 11) is 0. The molecule has 1 amide bonds. The van der Waals surface area contributed by atoms with Gasteiger partial charge in [0, 0.05) is 18.0 Å². The van der Waals surface area contributed by atoms with E-state index in [1.54, 1.807) is 11.3 Å². The molecule has 2 fully saturated rings. The van der Waals surface area contributed by atoms with Gasteiger partial charge in [0.25, 0.3) is 0 Å². The van der Waals surface area contributed by atoms with E-state index >= 15 is 0 Å². The van der Waals surface area contributed by atoms with Crippen molar-refractivity contribution in [1.82, 2.24) is 9.80 Å². The number of aliphatic carboxylic acids is 1. The van der Waals surface area contributed by atoms with Gasteiger partial charge in [0.2, 0.25) is 5.91 Å². The number of hydrogen-bond acceptors (Lipinski definition) is 4. The molecule has 3 unspecified atom stereocenters. The summed E-state index contributed by atoms with van der Waals surface area (Å²) in [5.41, 5.74) is 0. The van der Waals surface area contributed by atoms with Gasteiger partial charge in [-0.1, -0.05) is 6.07 Å². The molecule has 24 heavy (non-hydrogen) atoms. The van der Waals surface area contributed by atoms with Crippen LogP contribution in [-0.2, 0) is 9.59 Å². The maximum atomic E-state index is 13.0. The average molecular weight is 373 g/mol. The fraction of sp³-hybridized carbons (Fsp3) is 0.647. The third-order valence-electron chi connectivity index (χ3n) is 5.11. The van der Waals surface area contributed by atoms with Gasteiger partial charge in [-0.25, -0.2) is 0 Å². The number of amides is 1. The zero-order valence-corrected chi connectivity index (χ0v) is 15.5. The molecule has 134 valence electrons. The van der Waals surface area contributed by atoms with Gasteiger partial charge in [-0.05, 0) is 50.6 Å². The largest absolute Gasteiger partial charge is 0.481 e. The normalized spacial score (nSPS) is 26.0. The maximum absolute atomic E-state index is 13.0. The molecule has 7 heteroatoms. The summed E-state index contributed by atoms with van der Waals surface area (Å²) in [5, 5.41) is 11.3. The number of thiophene rings is 1. The molecule has 1 aromatic rings. The summed E-state index contributed by atoms with van der Waals surface area (Å²) >= 11 is 1.71. The number of nitrogens with zero attached hydrogens (tertiary/aromatic N) is 2. The van der Waals surface area contributed by atoms with Crippen molar-refractivity contribution in [2.45, 2.75) is 44.7 Å². The molecule has 2 saturated heterocycles. The molecule has 0 aromatic carbocycles. The molecule has 3 heterocycles. The zero-order valence-electron chi connectivity index (χ0n) is 13.9. The summed E-state index contributed by atoms with van der Waals surface area (Å²) < 4.78 is 0. The van der Waals surface area contributed by atoms with Crippen LogP contribution in [-0.4, -0.2) is 52.5 Å². The molecule has 0 spiro atoms. The predicted octanol–water partition coefficient (Wildman–Crippen LogP) is 3.02. The molecule has 1 aromatic heterocycles. The van der Waals surface area contributed by atoms with Crippen molar-refractivity contribution in [1.29, 1.82) is 0 Å². The van der Waals surface area contributed by atoms with Crippen molar-refractivity contribution >= 4 is 35.6 Å². The third kappa shape index (κ3) is 3.92. The monoisotopic (exact) mass is 372 g/mol. The highest BCUT2D eigenvalue weighted by atomic mass is 35.5. The van der Waals surface area contributed by atoms with Crippen LogP contribution in [0, 0.1) is 5.92 Å². The Labute approximate surface area is 153 Å². The second-order valence-electron chi connectivity index (χ2n) is 6.55. The lowest BCUT2D eigenvalue weighted by molar-refractivity contribution is -0.146. The van der Waals surface area contributed by atoms with E-state index in [-0.39, 0.29) is 36.3 Å². The molecule has 0 saturated carbocycles. The van der Waals surface area contributed by atoms with Gasteiger partial charge in [-0.15, -0.1) is 23.7 Å². The lowest BCUT2D eigenvalue weighted by Crippen LogP contribution is -2.51. The van der Waals surface area contributed by atoms with Crippen molar-refractivity contribution in [2.75, 3.05) is 19.6 Å². The highest BCUT2D eigenvalue weighted by molar-refractivity contribution is 7.10. The highest BCUT2D eigenvalue weighted by Gasteiger charge is 2.37. The van der Waals surface area contributed by atoms with Crippen LogP contribution < -0.4 is 0 Å². The molecule has 0 aliphatic carbocycles. The number of halogens is 1. The van der Waals surface area contributed by atoms with Crippen LogP contribution in [0.2, 0.25) is 0 Å². The van der Waals surface area contributed by atoms with Crippen LogP contribution in [0.5, 0.6) is 0 Å². The van der Waals surface area contributed by atoms with Crippen molar-refractivity contribution < 1.29 is 14.7 Å². The Kier molecular flexibility index (Phi) is 6.66. The van der Waals surface area contributed by atoms with E-state index in [0.29, 0.717) is 13.0 Å². The van der Waals surface area contributed by atoms with Gasteiger partial charge >= 0.3 is 5.97 Å². The van der Waals surface area contributed by atoms with Crippen LogP contribution in [0.25, 0.3) is 0 Å². The fourth-order valence-corrected chi connectivity index (χ4v) is 4.64. The summed E-state index contributed by atoms with van der Waals surface area (Å²) in [6.07, 6.45) is 3.63. The Balaban J connectivity index is 0.00000208. The van der Waals surface area contributed by atoms with E-state index in [9.17, 15) is 14.7 Å². The van der Waals surface area contributed by atoms with Gasteiger partial charge in [-0.2, -0.15) is 0 Å². The van der Waals surface area contributed by atoms with Crippen molar-refractivity contribution in [2.24, 2.45) is 5.92 Å². The molecule has 5 nitrogen and oxygen atoms in total. The van der Waals surface area contributed by atoms with E-state index in [4.69, 9.17) is 0 Å². The van der Waals surface area contributed by atoms with E-state index in [1.165, 1.54) is 4.88 Å². The van der Waals surface area contributed by atoms with Crippen LogP contribution in [0.15, 0.2) is 17.5 Å². The third-order valence-corrected chi connectivity index (χ3v) is 6.09. The van der Waals surface area contributed by atoms with Crippen LogP contribution >= 0.6 is 23.7 Å². The van der Waals surface area contributed by atoms with E-state index in [2.05, 4.69) is 16.3 Å². The number of piperidine rings is 1. The Morgan fingerprint density at radius 1 is 1.29 bits per heavy atom. The minimum Gasteiger partial charge on any atom is -0.481 e. The van der Waals surface area contributed by atoms with Crippen molar-refractivity contribution in [3.63, 3.8) is 0 Å². The quantitative estimate of drug-likeness (QED) is 0.882. The van der Waals surface area contributed by atoms with E-state index in [0.717, 1.165) is 32.4 Å². The summed E-state index contributed by atoms with van der Waals surface area (Å²) in [6.45, 7) is 4.03. The Hall–Kier alpha value is -1.11. The van der Waals surface area contributed by atoms with Gasteiger partial charge in [0.05, 0.1) is 18.0 Å². The Morgan fingerprint density at radius 3 is 2.71 bits per heavy atom. The molecular weight excluding hydrogens is 348 g/mol. The van der Waals surface area contributed by atoms with Gasteiger partial charge in [0.1, 0.15) is 0 Å².